The van der Waals surface area contributed by atoms with Crippen LogP contribution in [0.3, 0.4) is 0 Å². The Kier molecular flexibility index (Phi) is 4.51. The van der Waals surface area contributed by atoms with Gasteiger partial charge in [-0.3, -0.25) is 0 Å². The fourth-order valence-corrected chi connectivity index (χ4v) is 2.99. The van der Waals surface area contributed by atoms with Crippen LogP contribution in [0, 0.1) is 6.92 Å². The fourth-order valence-electron chi connectivity index (χ4n) is 2.83. The van der Waals surface area contributed by atoms with Crippen molar-refractivity contribution < 1.29 is 9.32 Å². The zero-order chi connectivity index (χ0) is 16.4. The largest absolute Gasteiger partial charge is 0.423 e. The van der Waals surface area contributed by atoms with Crippen molar-refractivity contribution in [3.05, 3.63) is 80.7 Å². The third kappa shape index (κ3) is 3.63. The topological polar surface area (TPSA) is 34.6 Å². The highest BCUT2D eigenvalue weighted by Crippen LogP contribution is 2.24. The smallest absolute Gasteiger partial charge is 0.336 e. The maximum absolute atomic E-state index is 11.8. The van der Waals surface area contributed by atoms with Crippen LogP contribution in [0.2, 0.25) is 5.02 Å². The Hall–Kier alpha value is -2.10. The van der Waals surface area contributed by atoms with E-state index >= 15 is 0 Å². The Balaban J connectivity index is 1.93. The van der Waals surface area contributed by atoms with Crippen LogP contribution >= 0.6 is 11.6 Å². The van der Waals surface area contributed by atoms with E-state index in [0.29, 0.717) is 10.6 Å². The number of halogens is 1. The minimum atomic E-state index is -0.318. The van der Waals surface area contributed by atoms with Gasteiger partial charge in [0.1, 0.15) is 18.7 Å². The molecule has 3 nitrogen and oxygen atoms in total. The second kappa shape index (κ2) is 6.57. The van der Waals surface area contributed by atoms with Crippen molar-refractivity contribution in [3.63, 3.8) is 0 Å². The number of quaternary nitrogens is 1. The van der Waals surface area contributed by atoms with Gasteiger partial charge >= 0.3 is 5.63 Å². The van der Waals surface area contributed by atoms with Crippen molar-refractivity contribution >= 4 is 22.6 Å². The SMILES string of the molecule is Cc1cc2oc(=O)cc(C[NH+](C)Cc3ccccc3)c2cc1Cl. The molecule has 1 heterocycles. The van der Waals surface area contributed by atoms with E-state index < -0.39 is 0 Å². The van der Waals surface area contributed by atoms with Gasteiger partial charge in [0.05, 0.1) is 7.05 Å². The lowest BCUT2D eigenvalue weighted by atomic mass is 10.1. The Labute approximate surface area is 140 Å². The molecule has 1 aromatic heterocycles. The minimum absolute atomic E-state index is 0.318. The standard InChI is InChI=1S/C19H18ClNO2/c1-13-8-18-16(10-17(13)20)15(9-19(22)23-18)12-21(2)11-14-6-4-3-5-7-14/h3-10H,11-12H2,1-2H3/p+1. The molecule has 0 spiro atoms. The number of nitrogens with one attached hydrogen (secondary N) is 1. The summed E-state index contributed by atoms with van der Waals surface area (Å²) in [5.41, 5.74) is 3.42. The highest BCUT2D eigenvalue weighted by atomic mass is 35.5. The average molecular weight is 329 g/mol. The summed E-state index contributed by atoms with van der Waals surface area (Å²) in [7, 11) is 2.11. The molecule has 0 radical (unpaired) electrons. The molecule has 118 valence electrons. The van der Waals surface area contributed by atoms with Gasteiger partial charge < -0.3 is 9.32 Å². The van der Waals surface area contributed by atoms with Crippen LogP contribution in [0.4, 0.5) is 0 Å². The van der Waals surface area contributed by atoms with E-state index in [1.807, 2.05) is 37.3 Å². The first-order valence-corrected chi connectivity index (χ1v) is 7.99. The molecule has 0 saturated heterocycles. The zero-order valence-corrected chi connectivity index (χ0v) is 14.0. The van der Waals surface area contributed by atoms with Gasteiger partial charge in [0, 0.05) is 27.6 Å². The van der Waals surface area contributed by atoms with Crippen molar-refractivity contribution in [3.8, 4) is 0 Å². The summed E-state index contributed by atoms with van der Waals surface area (Å²) in [6.07, 6.45) is 0. The molecule has 2 aromatic carbocycles. The van der Waals surface area contributed by atoms with E-state index in [0.717, 1.165) is 29.6 Å². The van der Waals surface area contributed by atoms with Gasteiger partial charge in [-0.2, -0.15) is 0 Å². The number of rotatable bonds is 4. The average Bonchev–Trinajstić information content (AvgIpc) is 2.50. The summed E-state index contributed by atoms with van der Waals surface area (Å²) >= 11 is 6.24. The molecular formula is C19H19ClNO2+. The lowest BCUT2D eigenvalue weighted by Gasteiger charge is -2.15. The second-order valence-electron chi connectivity index (χ2n) is 5.98. The third-order valence-corrected chi connectivity index (χ3v) is 4.36. The quantitative estimate of drug-likeness (QED) is 0.747. The molecule has 0 amide bonds. The van der Waals surface area contributed by atoms with Gasteiger partial charge in [-0.15, -0.1) is 0 Å². The van der Waals surface area contributed by atoms with Gasteiger partial charge in [0.15, 0.2) is 0 Å². The third-order valence-electron chi connectivity index (χ3n) is 3.95. The molecule has 4 heteroatoms. The van der Waals surface area contributed by atoms with Crippen LogP contribution in [-0.2, 0) is 13.1 Å². The molecule has 0 aliphatic heterocycles. The van der Waals surface area contributed by atoms with Crippen LogP contribution < -0.4 is 10.5 Å². The summed E-state index contributed by atoms with van der Waals surface area (Å²) < 4.78 is 5.31. The van der Waals surface area contributed by atoms with Gasteiger partial charge in [-0.1, -0.05) is 41.9 Å². The summed E-state index contributed by atoms with van der Waals surface area (Å²) in [5, 5.41) is 1.60. The molecule has 3 aromatic rings. The summed E-state index contributed by atoms with van der Waals surface area (Å²) in [4.78, 5) is 13.1. The normalized spacial score (nSPS) is 12.5. The summed E-state index contributed by atoms with van der Waals surface area (Å²) in [6, 6.07) is 15.6. The molecule has 0 fully saturated rings. The molecular weight excluding hydrogens is 310 g/mol. The van der Waals surface area contributed by atoms with Crippen LogP contribution in [0.15, 0.2) is 57.7 Å². The molecule has 23 heavy (non-hydrogen) atoms. The number of fused-ring (bicyclic) bond motifs is 1. The van der Waals surface area contributed by atoms with E-state index in [4.69, 9.17) is 16.0 Å². The van der Waals surface area contributed by atoms with E-state index in [9.17, 15) is 4.79 Å². The van der Waals surface area contributed by atoms with Gasteiger partial charge in [0.2, 0.25) is 0 Å². The van der Waals surface area contributed by atoms with Crippen LogP contribution in [0.1, 0.15) is 16.7 Å². The predicted molar refractivity (Wildman–Crippen MR) is 93.0 cm³/mol. The van der Waals surface area contributed by atoms with E-state index in [-0.39, 0.29) is 5.63 Å². The highest BCUT2D eigenvalue weighted by Gasteiger charge is 2.12. The molecule has 3 rings (SSSR count). The highest BCUT2D eigenvalue weighted by molar-refractivity contribution is 6.32. The van der Waals surface area contributed by atoms with Crippen molar-refractivity contribution in [2.24, 2.45) is 0 Å². The summed E-state index contributed by atoms with van der Waals surface area (Å²) in [6.45, 7) is 3.53. The van der Waals surface area contributed by atoms with Crippen LogP contribution in [0.25, 0.3) is 11.0 Å². The Morgan fingerprint density at radius 1 is 1.09 bits per heavy atom. The first-order chi connectivity index (χ1) is 11.0. The lowest BCUT2D eigenvalue weighted by Crippen LogP contribution is -3.06. The second-order valence-corrected chi connectivity index (χ2v) is 6.39. The molecule has 1 atom stereocenters. The van der Waals surface area contributed by atoms with E-state index in [1.54, 1.807) is 6.07 Å². The molecule has 0 bridgehead atoms. The maximum atomic E-state index is 11.8. The molecule has 0 aliphatic rings. The van der Waals surface area contributed by atoms with Gasteiger partial charge in [-0.25, -0.2) is 4.79 Å². The molecule has 1 unspecified atom stereocenters. The van der Waals surface area contributed by atoms with E-state index in [2.05, 4.69) is 19.2 Å². The molecule has 0 saturated carbocycles. The Morgan fingerprint density at radius 2 is 1.83 bits per heavy atom. The van der Waals surface area contributed by atoms with Crippen molar-refractivity contribution in [2.45, 2.75) is 20.0 Å². The predicted octanol–water partition coefficient (Wildman–Crippen LogP) is 2.97. The first kappa shape index (κ1) is 15.8. The minimum Gasteiger partial charge on any atom is -0.423 e. The number of hydrogen-bond donors (Lipinski definition) is 1. The maximum Gasteiger partial charge on any atom is 0.336 e. The van der Waals surface area contributed by atoms with Crippen LogP contribution in [-0.4, -0.2) is 7.05 Å². The van der Waals surface area contributed by atoms with E-state index in [1.165, 1.54) is 10.5 Å². The van der Waals surface area contributed by atoms with Crippen molar-refractivity contribution in [2.75, 3.05) is 7.05 Å². The van der Waals surface area contributed by atoms with Crippen molar-refractivity contribution in [1.29, 1.82) is 0 Å². The zero-order valence-electron chi connectivity index (χ0n) is 13.2. The monoisotopic (exact) mass is 328 g/mol. The molecule has 1 N–H and O–H groups in total. The van der Waals surface area contributed by atoms with Gasteiger partial charge in [0.25, 0.3) is 0 Å². The molecule has 0 aliphatic carbocycles. The number of hydrogen-bond acceptors (Lipinski definition) is 2. The lowest BCUT2D eigenvalue weighted by molar-refractivity contribution is -0.907. The fraction of sp³-hybridized carbons (Fsp3) is 0.211. The Morgan fingerprint density at radius 3 is 2.57 bits per heavy atom. The van der Waals surface area contributed by atoms with Crippen LogP contribution in [0.5, 0.6) is 0 Å². The van der Waals surface area contributed by atoms with Gasteiger partial charge in [-0.05, 0) is 24.6 Å². The first-order valence-electron chi connectivity index (χ1n) is 7.61. The number of benzene rings is 2. The summed E-state index contributed by atoms with van der Waals surface area (Å²) in [5.74, 6) is 0. The Bertz CT molecular complexity index is 887. The van der Waals surface area contributed by atoms with Crippen molar-refractivity contribution in [1.82, 2.24) is 0 Å². The number of aryl methyl sites for hydroxylation is 1.